The Kier molecular flexibility index (Phi) is 4.81. The first-order chi connectivity index (χ1) is 13.3. The van der Waals surface area contributed by atoms with Crippen LogP contribution in [0.15, 0.2) is 40.7 Å². The van der Waals surface area contributed by atoms with Gasteiger partial charge < -0.3 is 15.2 Å². The number of carbonyl (C=O) groups is 2. The third-order valence-corrected chi connectivity index (χ3v) is 7.12. The summed E-state index contributed by atoms with van der Waals surface area (Å²) >= 11 is 1.16. The summed E-state index contributed by atoms with van der Waals surface area (Å²) in [6.07, 6.45) is 1.97. The van der Waals surface area contributed by atoms with Crippen molar-refractivity contribution in [1.29, 1.82) is 0 Å². The van der Waals surface area contributed by atoms with Gasteiger partial charge in [-0.05, 0) is 37.1 Å². The molecule has 4 unspecified atom stereocenters. The van der Waals surface area contributed by atoms with Crippen LogP contribution >= 0.6 is 11.3 Å². The van der Waals surface area contributed by atoms with Crippen LogP contribution in [-0.4, -0.2) is 42.6 Å². The summed E-state index contributed by atoms with van der Waals surface area (Å²) < 4.78 is 32.6. The molecule has 2 aliphatic rings. The minimum atomic E-state index is -3.78. The van der Waals surface area contributed by atoms with E-state index >= 15 is 0 Å². The number of thiazole rings is 1. The Morgan fingerprint density at radius 2 is 1.82 bits per heavy atom. The van der Waals surface area contributed by atoms with Crippen molar-refractivity contribution in [3.05, 3.63) is 35.8 Å². The second kappa shape index (κ2) is 7.15. The Balaban J connectivity index is 1.46. The minimum absolute atomic E-state index is 0.0207. The molecule has 1 aromatic carbocycles. The third kappa shape index (κ3) is 3.48. The average molecular weight is 423 g/mol. The zero-order valence-electron chi connectivity index (χ0n) is 14.4. The van der Waals surface area contributed by atoms with Crippen molar-refractivity contribution in [3.8, 4) is 0 Å². The normalized spacial score (nSPS) is 26.1. The fourth-order valence-electron chi connectivity index (χ4n) is 3.72. The summed E-state index contributed by atoms with van der Waals surface area (Å²) in [4.78, 5) is 28.0. The van der Waals surface area contributed by atoms with E-state index in [1.54, 1.807) is 5.38 Å². The summed E-state index contributed by atoms with van der Waals surface area (Å²) in [5.41, 5.74) is 0.380. The van der Waals surface area contributed by atoms with Gasteiger partial charge in [0.25, 0.3) is 10.0 Å². The smallest absolute Gasteiger partial charge is 0.310 e. The number of rotatable bonds is 6. The van der Waals surface area contributed by atoms with E-state index in [9.17, 15) is 23.1 Å². The molecule has 2 saturated heterocycles. The number of aromatic nitrogens is 1. The van der Waals surface area contributed by atoms with Gasteiger partial charge in [-0.15, -0.1) is 11.3 Å². The monoisotopic (exact) mass is 423 g/mol. The molecule has 2 aliphatic heterocycles. The van der Waals surface area contributed by atoms with Crippen molar-refractivity contribution in [2.45, 2.75) is 29.9 Å². The molecule has 0 aliphatic carbocycles. The van der Waals surface area contributed by atoms with Crippen molar-refractivity contribution < 1.29 is 27.9 Å². The number of carboxylic acids is 1. The highest BCUT2D eigenvalue weighted by molar-refractivity contribution is 7.93. The lowest BCUT2D eigenvalue weighted by molar-refractivity contribution is -0.147. The largest absolute Gasteiger partial charge is 0.481 e. The molecule has 2 fully saturated rings. The molecule has 0 radical (unpaired) electrons. The molecule has 0 spiro atoms. The molecule has 3 heterocycles. The summed E-state index contributed by atoms with van der Waals surface area (Å²) in [6.45, 7) is 0. The van der Waals surface area contributed by atoms with E-state index in [1.807, 2.05) is 0 Å². The molecule has 4 atom stereocenters. The Hall–Kier alpha value is -2.50. The number of nitrogens with one attached hydrogen (secondary N) is 2. The number of benzene rings is 1. The van der Waals surface area contributed by atoms with Gasteiger partial charge in [-0.25, -0.2) is 13.4 Å². The standard InChI is InChI=1S/C17H17N3O6S2/c21-15(13-11-5-6-12(26-11)14(13)16(22)23)19-9-1-3-10(4-2-9)28(24,25)20-17-18-7-8-27-17/h1-4,7-8,11-14H,5-6H2,(H,18,20)(H,19,21)(H,22,23). The van der Waals surface area contributed by atoms with Gasteiger partial charge in [0.2, 0.25) is 5.91 Å². The number of ether oxygens (including phenoxy) is 1. The molecule has 9 nitrogen and oxygen atoms in total. The number of carboxylic acid groups (broad SMARTS) is 1. The first kappa shape index (κ1) is 18.8. The maximum absolute atomic E-state index is 12.6. The predicted molar refractivity (Wildman–Crippen MR) is 101 cm³/mol. The SMILES string of the molecule is O=C(O)C1C2CCC(O2)C1C(=O)Nc1ccc(S(=O)(=O)Nc2nccs2)cc1. The molecule has 4 rings (SSSR count). The number of sulfonamides is 1. The van der Waals surface area contributed by atoms with Gasteiger partial charge >= 0.3 is 5.97 Å². The average Bonchev–Trinajstić information content (AvgIpc) is 3.38. The number of anilines is 2. The number of aliphatic carboxylic acids is 1. The number of hydrogen-bond donors (Lipinski definition) is 3. The lowest BCUT2D eigenvalue weighted by atomic mass is 9.78. The van der Waals surface area contributed by atoms with E-state index in [0.717, 1.165) is 11.3 Å². The molecule has 1 aromatic heterocycles. The second-order valence-electron chi connectivity index (χ2n) is 6.64. The summed E-state index contributed by atoms with van der Waals surface area (Å²) in [5.74, 6) is -3.09. The zero-order chi connectivity index (χ0) is 19.9. The molecule has 2 bridgehead atoms. The summed E-state index contributed by atoms with van der Waals surface area (Å²) in [5, 5.41) is 14.0. The van der Waals surface area contributed by atoms with Gasteiger partial charge in [-0.1, -0.05) is 0 Å². The van der Waals surface area contributed by atoms with Crippen LogP contribution in [0.1, 0.15) is 12.8 Å². The molecular weight excluding hydrogens is 406 g/mol. The van der Waals surface area contributed by atoms with Crippen molar-refractivity contribution in [3.63, 3.8) is 0 Å². The third-order valence-electron chi connectivity index (χ3n) is 4.95. The highest BCUT2D eigenvalue weighted by atomic mass is 32.2. The molecule has 148 valence electrons. The van der Waals surface area contributed by atoms with Gasteiger partial charge in [0.05, 0.1) is 28.9 Å². The van der Waals surface area contributed by atoms with Crippen LogP contribution < -0.4 is 10.0 Å². The van der Waals surface area contributed by atoms with E-state index in [-0.39, 0.29) is 10.0 Å². The van der Waals surface area contributed by atoms with Crippen LogP contribution in [0.25, 0.3) is 0 Å². The minimum Gasteiger partial charge on any atom is -0.481 e. The Labute approximate surface area is 164 Å². The molecule has 11 heteroatoms. The first-order valence-electron chi connectivity index (χ1n) is 8.57. The van der Waals surface area contributed by atoms with E-state index in [0.29, 0.717) is 18.5 Å². The van der Waals surface area contributed by atoms with Crippen LogP contribution in [0, 0.1) is 11.8 Å². The van der Waals surface area contributed by atoms with Crippen molar-refractivity contribution in [1.82, 2.24) is 4.98 Å². The molecule has 0 saturated carbocycles. The fourth-order valence-corrected chi connectivity index (χ4v) is 5.50. The summed E-state index contributed by atoms with van der Waals surface area (Å²) in [6, 6.07) is 5.63. The molecule has 28 heavy (non-hydrogen) atoms. The van der Waals surface area contributed by atoms with Crippen molar-refractivity contribution in [2.24, 2.45) is 11.8 Å². The number of nitrogens with zero attached hydrogens (tertiary/aromatic N) is 1. The number of amides is 1. The zero-order valence-corrected chi connectivity index (χ0v) is 16.1. The Morgan fingerprint density at radius 3 is 2.43 bits per heavy atom. The van der Waals surface area contributed by atoms with Gasteiger partial charge in [0, 0.05) is 17.3 Å². The topological polar surface area (TPSA) is 135 Å². The van der Waals surface area contributed by atoms with Crippen LogP contribution in [0.3, 0.4) is 0 Å². The highest BCUT2D eigenvalue weighted by Gasteiger charge is 2.55. The maximum Gasteiger partial charge on any atom is 0.310 e. The highest BCUT2D eigenvalue weighted by Crippen LogP contribution is 2.44. The van der Waals surface area contributed by atoms with E-state index < -0.39 is 45.9 Å². The van der Waals surface area contributed by atoms with Crippen LogP contribution in [-0.2, 0) is 24.3 Å². The van der Waals surface area contributed by atoms with Crippen LogP contribution in [0.2, 0.25) is 0 Å². The van der Waals surface area contributed by atoms with Gasteiger partial charge in [-0.3, -0.25) is 14.3 Å². The molecule has 3 N–H and O–H groups in total. The Bertz CT molecular complexity index is 990. The van der Waals surface area contributed by atoms with Crippen LogP contribution in [0.4, 0.5) is 10.8 Å². The lowest BCUT2D eigenvalue weighted by Gasteiger charge is -2.23. The van der Waals surface area contributed by atoms with E-state index in [4.69, 9.17) is 4.74 Å². The Morgan fingerprint density at radius 1 is 1.14 bits per heavy atom. The summed E-state index contributed by atoms with van der Waals surface area (Å²) in [7, 11) is -3.78. The van der Waals surface area contributed by atoms with Gasteiger partial charge in [0.1, 0.15) is 0 Å². The predicted octanol–water partition coefficient (Wildman–Crippen LogP) is 1.76. The second-order valence-corrected chi connectivity index (χ2v) is 9.21. The maximum atomic E-state index is 12.6. The fraction of sp³-hybridized carbons (Fsp3) is 0.353. The molecular formula is C17H17N3O6S2. The van der Waals surface area contributed by atoms with Gasteiger partial charge in [0.15, 0.2) is 5.13 Å². The lowest BCUT2D eigenvalue weighted by Crippen LogP contribution is -2.40. The van der Waals surface area contributed by atoms with E-state index in [2.05, 4.69) is 15.0 Å². The number of fused-ring (bicyclic) bond motifs is 2. The first-order valence-corrected chi connectivity index (χ1v) is 10.9. The molecule has 1 amide bonds. The quantitative estimate of drug-likeness (QED) is 0.644. The van der Waals surface area contributed by atoms with Crippen molar-refractivity contribution >= 4 is 44.1 Å². The van der Waals surface area contributed by atoms with Crippen LogP contribution in [0.5, 0.6) is 0 Å². The van der Waals surface area contributed by atoms with E-state index in [1.165, 1.54) is 30.5 Å². The van der Waals surface area contributed by atoms with Crippen molar-refractivity contribution in [2.75, 3.05) is 10.0 Å². The number of hydrogen-bond acceptors (Lipinski definition) is 7. The number of carbonyl (C=O) groups excluding carboxylic acids is 1. The van der Waals surface area contributed by atoms with Gasteiger partial charge in [-0.2, -0.15) is 0 Å². The molecule has 2 aromatic rings.